The average molecular weight is 488 g/mol. The first-order valence-corrected chi connectivity index (χ1v) is 13.0. The van der Waals surface area contributed by atoms with Crippen LogP contribution in [-0.4, -0.2) is 63.6 Å². The molecule has 1 unspecified atom stereocenters. The second kappa shape index (κ2) is 11.2. The van der Waals surface area contributed by atoms with Crippen molar-refractivity contribution in [3.05, 3.63) is 69.4 Å². The number of hydrogen-bond donors (Lipinski definition) is 4. The molecule has 2 aliphatic heterocycles. The number of benzene rings is 1. The molecule has 1 fully saturated rings. The number of nitrogens with zero attached hydrogens (tertiary/aromatic N) is 1. The van der Waals surface area contributed by atoms with Gasteiger partial charge >= 0.3 is 0 Å². The summed E-state index contributed by atoms with van der Waals surface area (Å²) in [6.45, 7) is 0.833. The van der Waals surface area contributed by atoms with E-state index in [9.17, 15) is 19.8 Å². The number of carbonyl (C=O) groups excluding carboxylic acids is 2. The van der Waals surface area contributed by atoms with Gasteiger partial charge in [-0.25, -0.2) is 0 Å². The van der Waals surface area contributed by atoms with Gasteiger partial charge in [-0.05, 0) is 53.7 Å². The molecule has 33 heavy (non-hydrogen) atoms. The second-order valence-electron chi connectivity index (χ2n) is 8.28. The molecule has 4 N–H and O–H groups in total. The Morgan fingerprint density at radius 1 is 1.18 bits per heavy atom. The lowest BCUT2D eigenvalue weighted by atomic mass is 10.1. The highest BCUT2D eigenvalue weighted by Gasteiger charge is 2.41. The van der Waals surface area contributed by atoms with Gasteiger partial charge in [0, 0.05) is 24.2 Å². The highest BCUT2D eigenvalue weighted by atomic mass is 32.2. The summed E-state index contributed by atoms with van der Waals surface area (Å²) in [7, 11) is 0. The monoisotopic (exact) mass is 487 g/mol. The van der Waals surface area contributed by atoms with Gasteiger partial charge in [-0.3, -0.25) is 9.59 Å². The predicted molar refractivity (Wildman–Crippen MR) is 131 cm³/mol. The van der Waals surface area contributed by atoms with Crippen LogP contribution in [0.5, 0.6) is 0 Å². The number of amides is 2. The molecule has 1 aromatic heterocycles. The topological polar surface area (TPSA) is 102 Å². The zero-order chi connectivity index (χ0) is 23.2. The molecule has 1 aromatic carbocycles. The molecule has 4 rings (SSSR count). The zero-order valence-corrected chi connectivity index (χ0v) is 19.9. The van der Waals surface area contributed by atoms with Crippen LogP contribution in [0, 0.1) is 0 Å². The van der Waals surface area contributed by atoms with E-state index >= 15 is 0 Å². The largest absolute Gasteiger partial charge is 0.380 e. The minimum atomic E-state index is -1.79. The van der Waals surface area contributed by atoms with Gasteiger partial charge < -0.3 is 25.7 Å². The summed E-state index contributed by atoms with van der Waals surface area (Å²) in [5.41, 5.74) is 2.47. The molecule has 0 saturated carbocycles. The van der Waals surface area contributed by atoms with Gasteiger partial charge in [0.25, 0.3) is 11.8 Å². The molecule has 9 heteroatoms. The molecular formula is C24H29N3O4S2. The molecule has 7 nitrogen and oxygen atoms in total. The lowest BCUT2D eigenvalue weighted by Gasteiger charge is -2.31. The summed E-state index contributed by atoms with van der Waals surface area (Å²) in [6.07, 6.45) is 1.40. The van der Waals surface area contributed by atoms with Gasteiger partial charge in [0.15, 0.2) is 12.2 Å². The third-order valence-electron chi connectivity index (χ3n) is 5.94. The van der Waals surface area contributed by atoms with Crippen LogP contribution in [0.25, 0.3) is 0 Å². The van der Waals surface area contributed by atoms with Crippen molar-refractivity contribution < 1.29 is 19.8 Å². The van der Waals surface area contributed by atoms with Crippen molar-refractivity contribution in [2.24, 2.45) is 0 Å². The molecule has 0 radical (unpaired) electrons. The number of thioether (sulfide) groups is 1. The highest BCUT2D eigenvalue weighted by Crippen LogP contribution is 2.30. The van der Waals surface area contributed by atoms with E-state index in [1.165, 1.54) is 11.1 Å². The SMILES string of the molecule is O=C(NCCc1cc(Cc2ccccc2)cs1)[C@H](O)[C@@H](O)C(=O)N1CCC[C@@H]1C1NC=CS1. The fraction of sp³-hybridized carbons (Fsp3) is 0.417. The zero-order valence-electron chi connectivity index (χ0n) is 18.2. The quantitative estimate of drug-likeness (QED) is 0.431. The lowest BCUT2D eigenvalue weighted by molar-refractivity contribution is -0.153. The number of rotatable bonds is 9. The number of nitrogens with one attached hydrogen (secondary N) is 2. The van der Waals surface area contributed by atoms with Crippen LogP contribution in [0.1, 0.15) is 28.8 Å². The van der Waals surface area contributed by atoms with Crippen LogP contribution in [0.3, 0.4) is 0 Å². The highest BCUT2D eigenvalue weighted by molar-refractivity contribution is 8.03. The Labute approximate surface area is 201 Å². The van der Waals surface area contributed by atoms with E-state index in [-0.39, 0.29) is 11.4 Å². The van der Waals surface area contributed by atoms with Gasteiger partial charge in [0.1, 0.15) is 0 Å². The molecule has 0 bridgehead atoms. The molecule has 176 valence electrons. The van der Waals surface area contributed by atoms with Crippen LogP contribution in [0.2, 0.25) is 0 Å². The summed E-state index contributed by atoms with van der Waals surface area (Å²) in [5, 5.41) is 30.6. The van der Waals surface area contributed by atoms with E-state index in [2.05, 4.69) is 34.2 Å². The van der Waals surface area contributed by atoms with Crippen LogP contribution in [-0.2, 0) is 22.4 Å². The number of likely N-dealkylation sites (tertiary alicyclic amines) is 1. The number of carbonyl (C=O) groups is 2. The molecule has 0 aliphatic carbocycles. The number of thiophene rings is 1. The van der Waals surface area contributed by atoms with Crippen LogP contribution in [0.4, 0.5) is 0 Å². The third kappa shape index (κ3) is 5.97. The fourth-order valence-electron chi connectivity index (χ4n) is 4.22. The maximum absolute atomic E-state index is 12.8. The van der Waals surface area contributed by atoms with Crippen molar-refractivity contribution in [2.75, 3.05) is 13.1 Å². The Morgan fingerprint density at radius 3 is 2.76 bits per heavy atom. The van der Waals surface area contributed by atoms with Gasteiger partial charge in [-0.2, -0.15) is 0 Å². The molecule has 0 spiro atoms. The maximum atomic E-state index is 12.8. The number of aliphatic hydroxyl groups is 2. The van der Waals surface area contributed by atoms with Crippen molar-refractivity contribution >= 4 is 34.9 Å². The predicted octanol–water partition coefficient (Wildman–Crippen LogP) is 1.84. The van der Waals surface area contributed by atoms with Crippen molar-refractivity contribution in [2.45, 2.75) is 49.3 Å². The van der Waals surface area contributed by atoms with E-state index in [1.807, 2.05) is 29.8 Å². The van der Waals surface area contributed by atoms with Crippen LogP contribution in [0.15, 0.2) is 53.4 Å². The fourth-order valence-corrected chi connectivity index (χ4v) is 6.06. The van der Waals surface area contributed by atoms with Crippen LogP contribution < -0.4 is 10.6 Å². The number of hydrogen-bond acceptors (Lipinski definition) is 7. The van der Waals surface area contributed by atoms with Gasteiger partial charge in [-0.1, -0.05) is 30.3 Å². The Bertz CT molecular complexity index is 973. The third-order valence-corrected chi connectivity index (χ3v) is 8.02. The molecule has 4 atom stereocenters. The van der Waals surface area contributed by atoms with Crippen molar-refractivity contribution in [3.63, 3.8) is 0 Å². The normalized spacial score (nSPS) is 21.6. The van der Waals surface area contributed by atoms with Crippen molar-refractivity contribution in [1.29, 1.82) is 0 Å². The summed E-state index contributed by atoms with van der Waals surface area (Å²) in [5.74, 6) is -1.33. The second-order valence-corrected chi connectivity index (χ2v) is 10.3. The molecule has 1 saturated heterocycles. The molecular weight excluding hydrogens is 458 g/mol. The summed E-state index contributed by atoms with van der Waals surface area (Å²) >= 11 is 3.22. The first-order chi connectivity index (χ1) is 16.0. The summed E-state index contributed by atoms with van der Waals surface area (Å²) < 4.78 is 0. The lowest BCUT2D eigenvalue weighted by Crippen LogP contribution is -2.54. The molecule has 2 aromatic rings. The average Bonchev–Trinajstić information content (AvgIpc) is 3.59. The molecule has 2 amide bonds. The van der Waals surface area contributed by atoms with Crippen molar-refractivity contribution in [1.82, 2.24) is 15.5 Å². The van der Waals surface area contributed by atoms with E-state index < -0.39 is 24.0 Å². The minimum absolute atomic E-state index is 0.0344. The first kappa shape index (κ1) is 23.8. The standard InChI is InChI=1S/C24H29N3O4S2/c28-20(21(29)24(31)27-11-4-7-19(27)23-26-10-12-32-23)22(30)25-9-8-18-14-17(15-33-18)13-16-5-2-1-3-6-16/h1-3,5-6,10,12,14-15,19-21,23,26,28-29H,4,7-9,11,13H2,(H,25,30)/t19-,20-,21-,23?/m1/s1. The Kier molecular flexibility index (Phi) is 8.08. The van der Waals surface area contributed by atoms with E-state index in [0.29, 0.717) is 19.5 Å². The van der Waals surface area contributed by atoms with Crippen LogP contribution >= 0.6 is 23.1 Å². The van der Waals surface area contributed by atoms with Gasteiger partial charge in [0.05, 0.1) is 11.4 Å². The molecule has 2 aliphatic rings. The minimum Gasteiger partial charge on any atom is -0.380 e. The summed E-state index contributed by atoms with van der Waals surface area (Å²) in [4.78, 5) is 27.9. The van der Waals surface area contributed by atoms with Gasteiger partial charge in [0.2, 0.25) is 0 Å². The van der Waals surface area contributed by atoms with E-state index in [1.54, 1.807) is 28.0 Å². The first-order valence-electron chi connectivity index (χ1n) is 11.1. The smallest absolute Gasteiger partial charge is 0.255 e. The maximum Gasteiger partial charge on any atom is 0.255 e. The van der Waals surface area contributed by atoms with E-state index in [0.717, 1.165) is 24.1 Å². The van der Waals surface area contributed by atoms with E-state index in [4.69, 9.17) is 0 Å². The Hall–Kier alpha value is -2.33. The summed E-state index contributed by atoms with van der Waals surface area (Å²) in [6, 6.07) is 12.3. The Morgan fingerprint density at radius 2 is 2.00 bits per heavy atom. The van der Waals surface area contributed by atoms with Gasteiger partial charge in [-0.15, -0.1) is 23.1 Å². The van der Waals surface area contributed by atoms with Crippen molar-refractivity contribution in [3.8, 4) is 0 Å². The number of aliphatic hydroxyl groups excluding tert-OH is 2. The molecule has 3 heterocycles. The Balaban J connectivity index is 1.23.